The van der Waals surface area contributed by atoms with E-state index in [-0.39, 0.29) is 11.5 Å². The number of nitrogens with zero attached hydrogens (tertiary/aromatic N) is 1. The van der Waals surface area contributed by atoms with E-state index < -0.39 is 5.97 Å². The highest BCUT2D eigenvalue weighted by molar-refractivity contribution is 5.89. The maximum Gasteiger partial charge on any atom is 0.354 e. The Kier molecular flexibility index (Phi) is 2.89. The Morgan fingerprint density at radius 3 is 2.77 bits per heavy atom. The highest BCUT2D eigenvalue weighted by atomic mass is 19.1. The number of pyridine rings is 1. The monoisotopic (exact) mass is 298 g/mol. The van der Waals surface area contributed by atoms with Crippen molar-refractivity contribution < 1.29 is 14.3 Å². The Morgan fingerprint density at radius 1 is 1.27 bits per heavy atom. The van der Waals surface area contributed by atoms with E-state index in [1.54, 1.807) is 18.3 Å². The molecule has 2 unspecified atom stereocenters. The Bertz CT molecular complexity index is 775. The molecule has 112 valence electrons. The van der Waals surface area contributed by atoms with Crippen LogP contribution >= 0.6 is 0 Å². The summed E-state index contributed by atoms with van der Waals surface area (Å²) in [6.07, 6.45) is 4.68. The van der Waals surface area contributed by atoms with Gasteiger partial charge in [-0.25, -0.2) is 14.2 Å². The van der Waals surface area contributed by atoms with Crippen molar-refractivity contribution in [3.8, 4) is 0 Å². The molecular formula is C17H15FN2O2. The van der Waals surface area contributed by atoms with Crippen LogP contribution in [-0.4, -0.2) is 16.1 Å². The average Bonchev–Trinajstić information content (AvgIpc) is 3.09. The van der Waals surface area contributed by atoms with Crippen LogP contribution in [0, 0.1) is 5.82 Å². The van der Waals surface area contributed by atoms with Crippen molar-refractivity contribution >= 4 is 17.3 Å². The number of fused-ring (bicyclic) bond motifs is 5. The molecule has 22 heavy (non-hydrogen) atoms. The van der Waals surface area contributed by atoms with Gasteiger partial charge in [-0.1, -0.05) is 6.07 Å². The van der Waals surface area contributed by atoms with Gasteiger partial charge in [0.2, 0.25) is 0 Å². The highest BCUT2D eigenvalue weighted by Crippen LogP contribution is 2.56. The number of rotatable bonds is 3. The quantitative estimate of drug-likeness (QED) is 0.898. The fraction of sp³-hybridized carbons (Fsp3) is 0.294. The lowest BCUT2D eigenvalue weighted by molar-refractivity contribution is 0.0688. The van der Waals surface area contributed by atoms with E-state index in [2.05, 4.69) is 10.3 Å². The highest BCUT2D eigenvalue weighted by Gasteiger charge is 2.41. The summed E-state index contributed by atoms with van der Waals surface area (Å²) in [5.41, 5.74) is 3.57. The Morgan fingerprint density at radius 2 is 2.05 bits per heavy atom. The zero-order valence-corrected chi connectivity index (χ0v) is 11.8. The zero-order valence-electron chi connectivity index (χ0n) is 11.8. The minimum absolute atomic E-state index is 0.173. The van der Waals surface area contributed by atoms with E-state index in [0.29, 0.717) is 17.5 Å². The van der Waals surface area contributed by atoms with E-state index in [4.69, 9.17) is 0 Å². The number of nitrogens with one attached hydrogen (secondary N) is 1. The van der Waals surface area contributed by atoms with Crippen molar-refractivity contribution in [2.75, 3.05) is 5.32 Å². The summed E-state index contributed by atoms with van der Waals surface area (Å²) in [5, 5.41) is 12.6. The van der Waals surface area contributed by atoms with E-state index >= 15 is 0 Å². The number of hydrogen-bond acceptors (Lipinski definition) is 3. The molecule has 0 saturated heterocycles. The number of carbonyl (C=O) groups is 1. The van der Waals surface area contributed by atoms with Gasteiger partial charge in [0.25, 0.3) is 0 Å². The molecule has 2 aromatic rings. The molecule has 2 aliphatic carbocycles. The first-order chi connectivity index (χ1) is 10.6. The molecule has 2 N–H and O–H groups in total. The standard InChI is InChI=1S/C17H15FN2O2/c18-11-2-1-3-12(7-11)20-13-8-19-16(17(21)22)15-10-5-4-9(6-10)14(13)15/h1-3,7-10,20H,4-6H2,(H,21,22). The molecule has 0 radical (unpaired) electrons. The Balaban J connectivity index is 1.80. The van der Waals surface area contributed by atoms with E-state index in [1.165, 1.54) is 12.1 Å². The molecule has 4 nitrogen and oxygen atoms in total. The van der Waals surface area contributed by atoms with Crippen LogP contribution in [0.5, 0.6) is 0 Å². The molecule has 1 heterocycles. The molecule has 5 heteroatoms. The predicted octanol–water partition coefficient (Wildman–Crippen LogP) is 4.03. The lowest BCUT2D eigenvalue weighted by Gasteiger charge is -2.21. The molecular weight excluding hydrogens is 283 g/mol. The first-order valence-electron chi connectivity index (χ1n) is 7.42. The summed E-state index contributed by atoms with van der Waals surface area (Å²) in [6.45, 7) is 0. The van der Waals surface area contributed by atoms with Gasteiger partial charge in [-0.15, -0.1) is 0 Å². The van der Waals surface area contributed by atoms with E-state index in [9.17, 15) is 14.3 Å². The number of aromatic carboxylic acids is 1. The second-order valence-corrected chi connectivity index (χ2v) is 6.00. The molecule has 1 aromatic heterocycles. The third-order valence-corrected chi connectivity index (χ3v) is 4.71. The summed E-state index contributed by atoms with van der Waals surface area (Å²) in [4.78, 5) is 15.6. The van der Waals surface area contributed by atoms with Crippen LogP contribution in [0.3, 0.4) is 0 Å². The number of halogens is 1. The van der Waals surface area contributed by atoms with Crippen molar-refractivity contribution in [1.29, 1.82) is 0 Å². The van der Waals surface area contributed by atoms with Crippen molar-refractivity contribution in [2.45, 2.75) is 31.1 Å². The maximum atomic E-state index is 13.3. The van der Waals surface area contributed by atoms with Gasteiger partial charge in [0.05, 0.1) is 11.9 Å². The molecule has 0 amide bonds. The van der Waals surface area contributed by atoms with Gasteiger partial charge in [0, 0.05) is 5.69 Å². The lowest BCUT2D eigenvalue weighted by atomic mass is 9.89. The second-order valence-electron chi connectivity index (χ2n) is 6.00. The van der Waals surface area contributed by atoms with Gasteiger partial charge in [-0.3, -0.25) is 0 Å². The van der Waals surface area contributed by atoms with Crippen LogP contribution in [-0.2, 0) is 0 Å². The summed E-state index contributed by atoms with van der Waals surface area (Å²) in [6, 6.07) is 6.24. The topological polar surface area (TPSA) is 62.2 Å². The van der Waals surface area contributed by atoms with Gasteiger partial charge in [-0.05, 0) is 60.4 Å². The molecule has 2 bridgehead atoms. The van der Waals surface area contributed by atoms with Crippen molar-refractivity contribution in [1.82, 2.24) is 4.98 Å². The third-order valence-electron chi connectivity index (χ3n) is 4.71. The number of anilines is 2. The summed E-state index contributed by atoms with van der Waals surface area (Å²) >= 11 is 0. The van der Waals surface area contributed by atoms with Crippen molar-refractivity contribution in [3.63, 3.8) is 0 Å². The summed E-state index contributed by atoms with van der Waals surface area (Å²) in [7, 11) is 0. The largest absolute Gasteiger partial charge is 0.477 e. The second kappa shape index (κ2) is 4.80. The molecule has 0 spiro atoms. The van der Waals surface area contributed by atoms with Crippen LogP contribution in [0.1, 0.15) is 52.7 Å². The van der Waals surface area contributed by atoms with Gasteiger partial charge >= 0.3 is 5.97 Å². The average molecular weight is 298 g/mol. The number of hydrogen-bond donors (Lipinski definition) is 2. The normalized spacial score (nSPS) is 21.7. The number of aromatic nitrogens is 1. The van der Waals surface area contributed by atoms with Gasteiger partial charge < -0.3 is 10.4 Å². The summed E-state index contributed by atoms with van der Waals surface area (Å²) in [5.74, 6) is -0.593. The Hall–Kier alpha value is -2.43. The maximum absolute atomic E-state index is 13.3. The molecule has 2 atom stereocenters. The van der Waals surface area contributed by atoms with Gasteiger partial charge in [0.1, 0.15) is 5.82 Å². The first-order valence-corrected chi connectivity index (χ1v) is 7.42. The van der Waals surface area contributed by atoms with Crippen LogP contribution in [0.2, 0.25) is 0 Å². The van der Waals surface area contributed by atoms with Gasteiger partial charge in [-0.2, -0.15) is 0 Å². The van der Waals surface area contributed by atoms with Crippen molar-refractivity contribution in [3.05, 3.63) is 53.1 Å². The minimum Gasteiger partial charge on any atom is -0.477 e. The van der Waals surface area contributed by atoms with Crippen molar-refractivity contribution in [2.24, 2.45) is 0 Å². The SMILES string of the molecule is O=C(O)c1ncc(Nc2cccc(F)c2)c2c1C1CCC2C1. The molecule has 4 rings (SSSR count). The zero-order chi connectivity index (χ0) is 15.3. The number of carboxylic acids is 1. The molecule has 2 aliphatic rings. The smallest absolute Gasteiger partial charge is 0.354 e. The predicted molar refractivity (Wildman–Crippen MR) is 80.2 cm³/mol. The van der Waals surface area contributed by atoms with E-state index in [1.807, 2.05) is 0 Å². The van der Waals surface area contributed by atoms with E-state index in [0.717, 1.165) is 36.1 Å². The molecule has 1 saturated carbocycles. The number of benzene rings is 1. The molecule has 1 aromatic carbocycles. The molecule has 1 fully saturated rings. The Labute approximate surface area is 127 Å². The van der Waals surface area contributed by atoms with Crippen LogP contribution in [0.15, 0.2) is 30.5 Å². The first kappa shape index (κ1) is 13.2. The van der Waals surface area contributed by atoms with Crippen LogP contribution in [0.4, 0.5) is 15.8 Å². The third kappa shape index (κ3) is 1.96. The van der Waals surface area contributed by atoms with Crippen LogP contribution in [0.25, 0.3) is 0 Å². The lowest BCUT2D eigenvalue weighted by Crippen LogP contribution is -2.12. The number of carboxylic acid groups (broad SMARTS) is 1. The summed E-state index contributed by atoms with van der Waals surface area (Å²) < 4.78 is 13.3. The fourth-order valence-corrected chi connectivity index (χ4v) is 3.89. The fourth-order valence-electron chi connectivity index (χ4n) is 3.89. The molecule has 0 aliphatic heterocycles. The van der Waals surface area contributed by atoms with Gasteiger partial charge in [0.15, 0.2) is 5.69 Å². The van der Waals surface area contributed by atoms with Crippen LogP contribution < -0.4 is 5.32 Å². The minimum atomic E-state index is -0.971.